The average Bonchev–Trinajstić information content (AvgIpc) is 3.82. The molecule has 272 valence electrons. The summed E-state index contributed by atoms with van der Waals surface area (Å²) in [4.78, 5) is 5.21. The third-order valence-corrected chi connectivity index (χ3v) is 11.0. The quantitative estimate of drug-likeness (QED) is 0.0606. The first kappa shape index (κ1) is 37.7. The van der Waals surface area contributed by atoms with Gasteiger partial charge in [-0.1, -0.05) is 45.1 Å². The van der Waals surface area contributed by atoms with Gasteiger partial charge in [0, 0.05) is 32.5 Å². The molecule has 9 nitrogen and oxygen atoms in total. The first-order valence-corrected chi connectivity index (χ1v) is 19.2. The molecule has 2 aliphatic heterocycles. The number of aliphatic hydroxyl groups excluding tert-OH is 2. The van der Waals surface area contributed by atoms with Crippen molar-refractivity contribution in [2.24, 2.45) is 28.5 Å². The van der Waals surface area contributed by atoms with Crippen LogP contribution in [-0.2, 0) is 6.42 Å². The second kappa shape index (κ2) is 19.2. The zero-order valence-corrected chi connectivity index (χ0v) is 30.0. The molecule has 4 aliphatic rings. The van der Waals surface area contributed by atoms with Crippen molar-refractivity contribution >= 4 is 5.71 Å². The Kier molecular flexibility index (Phi) is 14.8. The van der Waals surface area contributed by atoms with Crippen LogP contribution in [0.4, 0.5) is 0 Å². The lowest BCUT2D eigenvalue weighted by atomic mass is 9.77. The Morgan fingerprint density at radius 1 is 1.16 bits per heavy atom. The van der Waals surface area contributed by atoms with Crippen LogP contribution in [0.2, 0.25) is 0 Å². The predicted octanol–water partition coefficient (Wildman–Crippen LogP) is 5.05. The largest absolute Gasteiger partial charge is 0.504 e. The third kappa shape index (κ3) is 10.5. The second-order valence-corrected chi connectivity index (χ2v) is 14.7. The van der Waals surface area contributed by atoms with Crippen molar-refractivity contribution in [2.75, 3.05) is 39.4 Å². The minimum atomic E-state index is -0.361. The summed E-state index contributed by atoms with van der Waals surface area (Å²) in [6.45, 7) is 7.36. The number of aliphatic hydroxyl groups is 4. The van der Waals surface area contributed by atoms with Crippen molar-refractivity contribution in [3.05, 3.63) is 59.2 Å². The molecule has 6 unspecified atom stereocenters. The van der Waals surface area contributed by atoms with E-state index in [0.29, 0.717) is 30.7 Å². The van der Waals surface area contributed by atoms with Crippen LogP contribution < -0.4 is 21.1 Å². The first-order chi connectivity index (χ1) is 23.9. The molecule has 2 fully saturated rings. The van der Waals surface area contributed by atoms with Gasteiger partial charge >= 0.3 is 0 Å². The number of nitrogens with one attached hydrogen (secondary N) is 2. The smallest absolute Gasteiger partial charge is 0.196 e. The van der Waals surface area contributed by atoms with Crippen molar-refractivity contribution in [3.63, 3.8) is 0 Å². The van der Waals surface area contributed by atoms with Gasteiger partial charge in [-0.25, -0.2) is 0 Å². The van der Waals surface area contributed by atoms with E-state index in [2.05, 4.69) is 29.7 Å². The number of ether oxygens (including phenoxy) is 2. The van der Waals surface area contributed by atoms with E-state index < -0.39 is 0 Å². The summed E-state index contributed by atoms with van der Waals surface area (Å²) in [6, 6.07) is 5.52. The van der Waals surface area contributed by atoms with E-state index in [9.17, 15) is 15.3 Å². The topological polar surface area (TPSA) is 145 Å². The van der Waals surface area contributed by atoms with E-state index in [0.717, 1.165) is 87.0 Å². The van der Waals surface area contributed by atoms with Gasteiger partial charge in [-0.15, -0.1) is 16.6 Å². The highest BCUT2D eigenvalue weighted by Crippen LogP contribution is 2.48. The summed E-state index contributed by atoms with van der Waals surface area (Å²) in [5.74, 6) is 3.81. The normalized spacial score (nSPS) is 24.6. The maximum absolute atomic E-state index is 10.7. The molecular weight excluding hydrogens is 616 g/mol. The molecule has 0 bridgehead atoms. The number of aryl methyl sites for hydroxylation is 1. The van der Waals surface area contributed by atoms with Crippen LogP contribution >= 0.6 is 0 Å². The fourth-order valence-electron chi connectivity index (χ4n) is 8.36. The molecule has 1 aromatic rings. The minimum Gasteiger partial charge on any atom is -0.504 e. The number of benzene rings is 1. The molecule has 8 N–H and O–H groups in total. The molecule has 0 saturated heterocycles. The average molecular weight is 680 g/mol. The molecule has 6 atom stereocenters. The molecular formula is C40H63N4O5+. The van der Waals surface area contributed by atoms with Crippen molar-refractivity contribution in [1.29, 1.82) is 0 Å². The van der Waals surface area contributed by atoms with Gasteiger partial charge in [-0.3, -0.25) is 5.32 Å². The Morgan fingerprint density at radius 2 is 2.00 bits per heavy atom. The maximum Gasteiger partial charge on any atom is 0.196 e. The molecule has 9 heteroatoms. The van der Waals surface area contributed by atoms with Gasteiger partial charge in [-0.2, -0.15) is 0 Å². The summed E-state index contributed by atoms with van der Waals surface area (Å²) in [5.41, 5.74) is 9.94. The van der Waals surface area contributed by atoms with Crippen LogP contribution in [0.15, 0.2) is 46.6 Å². The van der Waals surface area contributed by atoms with E-state index in [1.807, 2.05) is 19.1 Å². The van der Waals surface area contributed by atoms with Crippen LogP contribution in [0, 0.1) is 29.8 Å². The molecule has 5 rings (SSSR count). The summed E-state index contributed by atoms with van der Waals surface area (Å²) in [5, 5.41) is 37.7. The number of nitrogens with zero attached hydrogens (tertiary/aromatic N) is 1. The number of aliphatic imine (C=N–C) groups is 1. The number of allylic oxidation sites excluding steroid dienone is 1. The van der Waals surface area contributed by atoms with Gasteiger partial charge < -0.3 is 35.8 Å². The number of fused-ring (bicyclic) bond motifs is 2. The van der Waals surface area contributed by atoms with Crippen LogP contribution in [0.3, 0.4) is 0 Å². The Hall–Kier alpha value is -2.53. The lowest BCUT2D eigenvalue weighted by Crippen LogP contribution is -2.37. The van der Waals surface area contributed by atoms with E-state index in [-0.39, 0.29) is 30.6 Å². The maximum atomic E-state index is 10.7. The van der Waals surface area contributed by atoms with E-state index in [1.165, 1.54) is 56.6 Å². The molecule has 2 heterocycles. The number of hydrogen-bond acceptors (Lipinski definition) is 8. The first-order valence-electron chi connectivity index (χ1n) is 19.2. The Morgan fingerprint density at radius 3 is 2.80 bits per heavy atom. The second-order valence-electron chi connectivity index (χ2n) is 14.7. The van der Waals surface area contributed by atoms with Crippen molar-refractivity contribution in [3.8, 4) is 11.5 Å². The van der Waals surface area contributed by atoms with Crippen LogP contribution in [0.1, 0.15) is 96.5 Å². The zero-order chi connectivity index (χ0) is 34.6. The molecule has 0 aromatic heterocycles. The highest BCUT2D eigenvalue weighted by Gasteiger charge is 2.49. The number of phenols is 1. The number of unbranched alkanes of at least 4 members (excludes halogenated alkanes) is 4. The molecule has 49 heavy (non-hydrogen) atoms. The van der Waals surface area contributed by atoms with Gasteiger partial charge in [0.2, 0.25) is 0 Å². The van der Waals surface area contributed by atoms with Gasteiger partial charge in [0.05, 0.1) is 18.1 Å². The van der Waals surface area contributed by atoms with Gasteiger partial charge in [0.25, 0.3) is 0 Å². The van der Waals surface area contributed by atoms with Crippen molar-refractivity contribution < 1.29 is 24.8 Å². The van der Waals surface area contributed by atoms with Crippen LogP contribution in [0.25, 0.3) is 0 Å². The summed E-state index contributed by atoms with van der Waals surface area (Å²) >= 11 is 0. The lowest BCUT2D eigenvalue weighted by Gasteiger charge is -2.26. The van der Waals surface area contributed by atoms with Crippen molar-refractivity contribution in [2.45, 2.75) is 116 Å². The van der Waals surface area contributed by atoms with Gasteiger partial charge in [0.1, 0.15) is 30.4 Å². The highest BCUT2D eigenvalue weighted by atomic mass is 16.5. The predicted molar refractivity (Wildman–Crippen MR) is 197 cm³/mol. The summed E-state index contributed by atoms with van der Waals surface area (Å²) < 4.78 is 11.3. The number of likely N-dealkylation sites (N-methyl/N-ethyl adjacent to an activating group) is 1. The minimum absolute atomic E-state index is 0.0534. The standard InChI is InChI=1S/C40H62N4O5/c1-3-43-37(36-22-33-34(24-42-23-27(2)46)32-11-9-10-29(32)15-17-35(33)44-36)26-48-40-20-28(14-18-38(40)47)13-16-31-21-30(25-45)39(49-31)12-7-5-4-6-8-19-41/h14,18,20-22,27,29,32,34,37,39,42-43,45-46,49H,3-13,15-17,19,23-26,41H2,1-2H3/p+1. The van der Waals surface area contributed by atoms with Gasteiger partial charge in [0.15, 0.2) is 23.2 Å². The van der Waals surface area contributed by atoms with E-state index in [1.54, 1.807) is 6.07 Å². The fraction of sp³-hybridized carbons (Fsp3) is 0.675. The SMILES string of the molecule is CCNC(COc1cc(CC[C-]2C=C(CO)C(CCCCCCCN)[OH+]2)ccc1O)C1=C[C+]2C(=N1)CCC1CCCC1C2CNCC(C)O. The number of aromatic hydroxyl groups is 1. The summed E-state index contributed by atoms with van der Waals surface area (Å²) in [6.07, 6.45) is 19.5. The lowest BCUT2D eigenvalue weighted by molar-refractivity contribution is -0.0552. The number of hydrogen-bond donors (Lipinski definition) is 6. The Bertz CT molecular complexity index is 1270. The molecule has 0 radical (unpaired) electrons. The third-order valence-electron chi connectivity index (χ3n) is 11.0. The fourth-order valence-corrected chi connectivity index (χ4v) is 8.36. The van der Waals surface area contributed by atoms with Crippen molar-refractivity contribution in [1.82, 2.24) is 10.6 Å². The van der Waals surface area contributed by atoms with E-state index >= 15 is 0 Å². The van der Waals surface area contributed by atoms with Crippen LogP contribution in [0.5, 0.6) is 11.5 Å². The number of phenolic OH excluding ortho intramolecular Hbond substituents is 1. The highest BCUT2D eigenvalue weighted by molar-refractivity contribution is 6.03. The molecule has 1 aromatic carbocycles. The molecule has 0 spiro atoms. The monoisotopic (exact) mass is 679 g/mol. The summed E-state index contributed by atoms with van der Waals surface area (Å²) in [7, 11) is 0. The zero-order valence-electron chi connectivity index (χ0n) is 30.0. The molecule has 2 saturated carbocycles. The molecule has 2 aliphatic carbocycles. The Balaban J connectivity index is 1.17. The van der Waals surface area contributed by atoms with Crippen LogP contribution in [-0.4, -0.2) is 83.4 Å². The molecule has 0 amide bonds. The van der Waals surface area contributed by atoms with Gasteiger partial charge in [-0.05, 0) is 88.1 Å². The number of nitrogens with two attached hydrogens (primary N) is 1. The van der Waals surface area contributed by atoms with E-state index in [4.69, 9.17) is 20.2 Å². The number of rotatable bonds is 21. The Labute approximate surface area is 294 Å².